The molecule has 1 N–H and O–H groups in total. The number of nitrogens with one attached hydrogen (secondary N) is 1. The van der Waals surface area contributed by atoms with Crippen molar-refractivity contribution in [2.75, 3.05) is 5.32 Å². The molecule has 7 nitrogen and oxygen atoms in total. The van der Waals surface area contributed by atoms with Crippen molar-refractivity contribution in [3.05, 3.63) is 53.2 Å². The summed E-state index contributed by atoms with van der Waals surface area (Å²) >= 11 is 0. The third-order valence-corrected chi connectivity index (χ3v) is 5.07. The second-order valence-electron chi connectivity index (χ2n) is 6.99. The Morgan fingerprint density at radius 3 is 2.78 bits per heavy atom. The second kappa shape index (κ2) is 7.73. The first-order valence-corrected chi connectivity index (χ1v) is 9.42. The zero-order valence-corrected chi connectivity index (χ0v) is 15.3. The van der Waals surface area contributed by atoms with Crippen LogP contribution in [-0.2, 0) is 9.53 Å². The van der Waals surface area contributed by atoms with Gasteiger partial charge in [0.05, 0.1) is 5.57 Å². The lowest BCUT2D eigenvalue weighted by molar-refractivity contribution is -0.146. The highest BCUT2D eigenvalue weighted by Gasteiger charge is 2.33. The Hall–Kier alpha value is -2.96. The molecule has 1 unspecified atom stereocenters. The van der Waals surface area contributed by atoms with Crippen LogP contribution in [0.2, 0.25) is 0 Å². The van der Waals surface area contributed by atoms with E-state index in [9.17, 15) is 4.79 Å². The molecule has 140 valence electrons. The number of nitrogens with zero attached hydrogens (tertiary/aromatic N) is 4. The van der Waals surface area contributed by atoms with Crippen LogP contribution in [0.3, 0.4) is 0 Å². The highest BCUT2D eigenvalue weighted by molar-refractivity contribution is 5.92. The molecule has 1 fully saturated rings. The fourth-order valence-corrected chi connectivity index (χ4v) is 3.66. The van der Waals surface area contributed by atoms with E-state index in [1.54, 1.807) is 4.68 Å². The zero-order chi connectivity index (χ0) is 18.6. The predicted molar refractivity (Wildman–Crippen MR) is 102 cm³/mol. The van der Waals surface area contributed by atoms with Crippen molar-refractivity contribution in [3.8, 4) is 0 Å². The number of carbonyl (C=O) groups excluding carboxylic acids is 1. The van der Waals surface area contributed by atoms with E-state index in [-0.39, 0.29) is 12.1 Å². The Balaban J connectivity index is 1.62. The van der Waals surface area contributed by atoms with Crippen LogP contribution < -0.4 is 5.32 Å². The molecule has 0 amide bonds. The number of benzene rings is 1. The highest BCUT2D eigenvalue weighted by Crippen LogP contribution is 2.32. The number of carbonyl (C=O) groups is 1. The van der Waals surface area contributed by atoms with E-state index in [1.807, 2.05) is 49.4 Å². The molecule has 2 aliphatic rings. The van der Waals surface area contributed by atoms with Gasteiger partial charge in [0.25, 0.3) is 0 Å². The second-order valence-corrected chi connectivity index (χ2v) is 6.99. The topological polar surface area (TPSA) is 81.9 Å². The molecule has 1 aromatic carbocycles. The summed E-state index contributed by atoms with van der Waals surface area (Å²) in [6, 6.07) is 9.53. The molecule has 27 heavy (non-hydrogen) atoms. The Kier molecular flexibility index (Phi) is 5.00. The smallest absolute Gasteiger partial charge is 0.338 e. The predicted octanol–water partition coefficient (Wildman–Crippen LogP) is 3.50. The van der Waals surface area contributed by atoms with Crippen molar-refractivity contribution in [2.24, 2.45) is 0 Å². The number of tetrazole rings is 1. The molecule has 0 bridgehead atoms. The van der Waals surface area contributed by atoms with Crippen LogP contribution in [0.1, 0.15) is 50.6 Å². The van der Waals surface area contributed by atoms with Gasteiger partial charge < -0.3 is 10.1 Å². The van der Waals surface area contributed by atoms with E-state index in [4.69, 9.17) is 4.74 Å². The van der Waals surface area contributed by atoms with Gasteiger partial charge in [0.2, 0.25) is 5.95 Å². The normalized spacial score (nSPS) is 20.4. The van der Waals surface area contributed by atoms with Gasteiger partial charge in [0.1, 0.15) is 12.1 Å². The van der Waals surface area contributed by atoms with Crippen molar-refractivity contribution < 1.29 is 9.53 Å². The van der Waals surface area contributed by atoms with Gasteiger partial charge in [-0.1, -0.05) is 54.0 Å². The summed E-state index contributed by atoms with van der Waals surface area (Å²) in [6.45, 7) is 1.86. The van der Waals surface area contributed by atoms with Gasteiger partial charge in [-0.2, -0.15) is 4.68 Å². The van der Waals surface area contributed by atoms with Crippen LogP contribution in [0.5, 0.6) is 0 Å². The average molecular weight is 365 g/mol. The van der Waals surface area contributed by atoms with Crippen molar-refractivity contribution in [1.29, 1.82) is 0 Å². The van der Waals surface area contributed by atoms with Gasteiger partial charge in [0.15, 0.2) is 0 Å². The molecule has 4 rings (SSSR count). The molecular formula is C20H23N5O2. The van der Waals surface area contributed by atoms with Crippen LogP contribution in [0.25, 0.3) is 6.08 Å². The SMILES string of the molecule is CC1=C(C(=O)OC2CCCCC2)C(/C=C/c2ccccc2)n2nnnc2N1. The average Bonchev–Trinajstić information content (AvgIpc) is 3.15. The van der Waals surface area contributed by atoms with Crippen LogP contribution >= 0.6 is 0 Å². The van der Waals surface area contributed by atoms with E-state index in [2.05, 4.69) is 20.8 Å². The summed E-state index contributed by atoms with van der Waals surface area (Å²) in [4.78, 5) is 13.0. The Morgan fingerprint density at radius 2 is 2.00 bits per heavy atom. The molecular weight excluding hydrogens is 342 g/mol. The maximum absolute atomic E-state index is 13.0. The molecule has 2 aromatic rings. The van der Waals surface area contributed by atoms with E-state index in [0.717, 1.165) is 36.9 Å². The molecule has 0 radical (unpaired) electrons. The Bertz CT molecular complexity index is 866. The molecule has 0 saturated heterocycles. The summed E-state index contributed by atoms with van der Waals surface area (Å²) in [5, 5.41) is 14.9. The Morgan fingerprint density at radius 1 is 1.22 bits per heavy atom. The van der Waals surface area contributed by atoms with Gasteiger partial charge in [-0.3, -0.25) is 0 Å². The number of anilines is 1. The maximum Gasteiger partial charge on any atom is 0.338 e. The first kappa shape index (κ1) is 17.5. The first-order chi connectivity index (χ1) is 13.2. The minimum Gasteiger partial charge on any atom is -0.459 e. The van der Waals surface area contributed by atoms with Crippen LogP contribution in [0.15, 0.2) is 47.7 Å². The largest absolute Gasteiger partial charge is 0.459 e. The van der Waals surface area contributed by atoms with Gasteiger partial charge >= 0.3 is 5.97 Å². The molecule has 1 aromatic heterocycles. The lowest BCUT2D eigenvalue weighted by atomic mass is 9.97. The number of hydrogen-bond donors (Lipinski definition) is 1. The lowest BCUT2D eigenvalue weighted by Gasteiger charge is -2.28. The molecule has 7 heteroatoms. The molecule has 1 aliphatic heterocycles. The summed E-state index contributed by atoms with van der Waals surface area (Å²) in [5.74, 6) is 0.222. The summed E-state index contributed by atoms with van der Waals surface area (Å²) < 4.78 is 7.44. The van der Waals surface area contributed by atoms with Crippen LogP contribution in [0.4, 0.5) is 5.95 Å². The van der Waals surface area contributed by atoms with Gasteiger partial charge in [-0.15, -0.1) is 0 Å². The fraction of sp³-hybridized carbons (Fsp3) is 0.400. The van der Waals surface area contributed by atoms with E-state index in [0.29, 0.717) is 11.5 Å². The minimum atomic E-state index is -0.410. The number of fused-ring (bicyclic) bond motifs is 1. The molecule has 2 heterocycles. The number of aromatic nitrogens is 4. The van der Waals surface area contributed by atoms with E-state index in [1.165, 1.54) is 6.42 Å². The van der Waals surface area contributed by atoms with Crippen molar-refractivity contribution in [1.82, 2.24) is 20.2 Å². The van der Waals surface area contributed by atoms with Crippen molar-refractivity contribution in [3.63, 3.8) is 0 Å². The number of esters is 1. The first-order valence-electron chi connectivity index (χ1n) is 9.42. The Labute approximate surface area is 158 Å². The quantitative estimate of drug-likeness (QED) is 0.835. The summed E-state index contributed by atoms with van der Waals surface area (Å²) in [7, 11) is 0. The standard InChI is InChI=1S/C20H23N5O2/c1-14-18(19(26)27-16-10-6-3-7-11-16)17(25-20(21-14)22-23-24-25)13-12-15-8-4-2-5-9-15/h2,4-5,8-9,12-13,16-17H,3,6-7,10-11H2,1H3,(H,21,22,24)/b13-12+. The van der Waals surface area contributed by atoms with Gasteiger partial charge in [0, 0.05) is 5.70 Å². The number of allylic oxidation sites excluding steroid dienone is 2. The summed E-state index contributed by atoms with van der Waals surface area (Å²) in [5.41, 5.74) is 2.32. The summed E-state index contributed by atoms with van der Waals surface area (Å²) in [6.07, 6.45) is 9.23. The highest BCUT2D eigenvalue weighted by atomic mass is 16.5. The zero-order valence-electron chi connectivity index (χ0n) is 15.3. The van der Waals surface area contributed by atoms with E-state index < -0.39 is 6.04 Å². The molecule has 0 spiro atoms. The van der Waals surface area contributed by atoms with E-state index >= 15 is 0 Å². The van der Waals surface area contributed by atoms with Gasteiger partial charge in [-0.25, -0.2) is 4.79 Å². The number of ether oxygens (including phenoxy) is 1. The number of hydrogen-bond acceptors (Lipinski definition) is 6. The fourth-order valence-electron chi connectivity index (χ4n) is 3.66. The third-order valence-electron chi connectivity index (χ3n) is 5.07. The minimum absolute atomic E-state index is 0.000529. The molecule has 1 saturated carbocycles. The monoisotopic (exact) mass is 365 g/mol. The third kappa shape index (κ3) is 3.77. The maximum atomic E-state index is 13.0. The molecule has 1 atom stereocenters. The van der Waals surface area contributed by atoms with Gasteiger partial charge in [-0.05, 0) is 48.6 Å². The van der Waals surface area contributed by atoms with Crippen molar-refractivity contribution >= 4 is 18.0 Å². The van der Waals surface area contributed by atoms with Crippen molar-refractivity contribution in [2.45, 2.75) is 51.2 Å². The number of rotatable bonds is 4. The van der Waals surface area contributed by atoms with Crippen LogP contribution in [-0.4, -0.2) is 32.3 Å². The molecule has 1 aliphatic carbocycles. The van der Waals surface area contributed by atoms with Crippen LogP contribution in [0, 0.1) is 0 Å². The lowest BCUT2D eigenvalue weighted by Crippen LogP contribution is -2.30.